The lowest BCUT2D eigenvalue weighted by molar-refractivity contribution is 0.405. The van der Waals surface area contributed by atoms with Crippen molar-refractivity contribution in [3.8, 4) is 5.75 Å². The molecule has 0 amide bonds. The second kappa shape index (κ2) is 6.09. The summed E-state index contributed by atoms with van der Waals surface area (Å²) in [5.74, 6) is 0.885. The van der Waals surface area contributed by atoms with Gasteiger partial charge >= 0.3 is 0 Å². The molecule has 2 aromatic rings. The van der Waals surface area contributed by atoms with Crippen LogP contribution < -0.4 is 10.1 Å². The fourth-order valence-corrected chi connectivity index (χ4v) is 2.57. The summed E-state index contributed by atoms with van der Waals surface area (Å²) in [6.07, 6.45) is 0. The van der Waals surface area contributed by atoms with E-state index in [0.29, 0.717) is 0 Å². The number of aryl methyl sites for hydroxylation is 1. The van der Waals surface area contributed by atoms with Gasteiger partial charge < -0.3 is 10.1 Å². The van der Waals surface area contributed by atoms with Crippen LogP contribution in [-0.4, -0.2) is 14.2 Å². The van der Waals surface area contributed by atoms with E-state index in [0.717, 1.165) is 21.9 Å². The van der Waals surface area contributed by atoms with Crippen molar-refractivity contribution in [1.82, 2.24) is 5.32 Å². The number of para-hydroxylation sites is 1. The highest BCUT2D eigenvalue weighted by atomic mass is 35.5. The zero-order valence-corrected chi connectivity index (χ0v) is 12.2. The average molecular weight is 276 g/mol. The largest absolute Gasteiger partial charge is 0.496 e. The molecule has 0 spiro atoms. The zero-order valence-electron chi connectivity index (χ0n) is 11.4. The van der Waals surface area contributed by atoms with Crippen LogP contribution in [0.2, 0.25) is 5.02 Å². The maximum Gasteiger partial charge on any atom is 0.123 e. The Hall–Kier alpha value is -1.51. The van der Waals surface area contributed by atoms with Gasteiger partial charge in [0.05, 0.1) is 13.2 Å². The van der Waals surface area contributed by atoms with Gasteiger partial charge in [0.1, 0.15) is 5.75 Å². The quantitative estimate of drug-likeness (QED) is 0.912. The van der Waals surface area contributed by atoms with Gasteiger partial charge in [0.2, 0.25) is 0 Å². The number of halogens is 1. The minimum absolute atomic E-state index is 0.0911. The highest BCUT2D eigenvalue weighted by Gasteiger charge is 2.17. The van der Waals surface area contributed by atoms with Crippen molar-refractivity contribution in [2.75, 3.05) is 14.2 Å². The van der Waals surface area contributed by atoms with Crippen LogP contribution in [0, 0.1) is 6.92 Å². The Bertz CT molecular complexity index is 568. The lowest BCUT2D eigenvalue weighted by Crippen LogP contribution is -2.19. The Morgan fingerprint density at radius 2 is 1.84 bits per heavy atom. The van der Waals surface area contributed by atoms with Gasteiger partial charge in [-0.15, -0.1) is 0 Å². The van der Waals surface area contributed by atoms with Crippen LogP contribution in [0.5, 0.6) is 5.75 Å². The van der Waals surface area contributed by atoms with E-state index >= 15 is 0 Å². The van der Waals surface area contributed by atoms with Crippen LogP contribution in [0.15, 0.2) is 42.5 Å². The molecule has 1 N–H and O–H groups in total. The van der Waals surface area contributed by atoms with Crippen LogP contribution >= 0.6 is 11.6 Å². The van der Waals surface area contributed by atoms with E-state index in [-0.39, 0.29) is 6.04 Å². The Kier molecular flexibility index (Phi) is 4.46. The molecule has 0 aliphatic heterocycles. The maximum absolute atomic E-state index is 6.02. The first-order valence-corrected chi connectivity index (χ1v) is 6.61. The molecule has 0 bridgehead atoms. The molecule has 0 saturated carbocycles. The Morgan fingerprint density at radius 1 is 1.11 bits per heavy atom. The molecule has 0 aliphatic carbocycles. The number of ether oxygens (including phenoxy) is 1. The minimum Gasteiger partial charge on any atom is -0.496 e. The van der Waals surface area contributed by atoms with Crippen LogP contribution in [0.4, 0.5) is 0 Å². The van der Waals surface area contributed by atoms with Gasteiger partial charge in [-0.3, -0.25) is 0 Å². The van der Waals surface area contributed by atoms with Crippen molar-refractivity contribution in [3.63, 3.8) is 0 Å². The first kappa shape index (κ1) is 13.9. The van der Waals surface area contributed by atoms with Crippen LogP contribution in [0.3, 0.4) is 0 Å². The van der Waals surface area contributed by atoms with Gasteiger partial charge in [0.25, 0.3) is 0 Å². The molecule has 0 radical (unpaired) electrons. The first-order valence-electron chi connectivity index (χ1n) is 6.23. The standard InChI is InChI=1S/C16H18ClNO/c1-11-10-12(17)8-9-13(11)16(18-2)14-6-4-5-7-15(14)19-3/h4-10,16,18H,1-3H3. The third-order valence-corrected chi connectivity index (χ3v) is 3.52. The molecule has 0 aromatic heterocycles. The van der Waals surface area contributed by atoms with Gasteiger partial charge in [-0.2, -0.15) is 0 Å². The van der Waals surface area contributed by atoms with Crippen molar-refractivity contribution < 1.29 is 4.74 Å². The van der Waals surface area contributed by atoms with Crippen molar-refractivity contribution >= 4 is 11.6 Å². The van der Waals surface area contributed by atoms with E-state index < -0.39 is 0 Å². The Labute approximate surface area is 119 Å². The normalized spacial score (nSPS) is 12.2. The third kappa shape index (κ3) is 2.91. The predicted octanol–water partition coefficient (Wildman–Crippen LogP) is 3.97. The Morgan fingerprint density at radius 3 is 2.47 bits per heavy atom. The monoisotopic (exact) mass is 275 g/mol. The van der Waals surface area contributed by atoms with Gasteiger partial charge in [0.15, 0.2) is 0 Å². The van der Waals surface area contributed by atoms with E-state index in [2.05, 4.69) is 24.4 Å². The van der Waals surface area contributed by atoms with Crippen molar-refractivity contribution in [2.24, 2.45) is 0 Å². The van der Waals surface area contributed by atoms with E-state index in [1.165, 1.54) is 5.56 Å². The summed E-state index contributed by atoms with van der Waals surface area (Å²) >= 11 is 6.02. The van der Waals surface area contributed by atoms with E-state index in [9.17, 15) is 0 Å². The average Bonchev–Trinajstić information content (AvgIpc) is 2.42. The third-order valence-electron chi connectivity index (χ3n) is 3.28. The van der Waals surface area contributed by atoms with E-state index in [4.69, 9.17) is 16.3 Å². The van der Waals surface area contributed by atoms with Crippen molar-refractivity contribution in [2.45, 2.75) is 13.0 Å². The molecule has 0 heterocycles. The van der Waals surface area contributed by atoms with Gasteiger partial charge in [-0.05, 0) is 43.3 Å². The van der Waals surface area contributed by atoms with Crippen LogP contribution in [0.25, 0.3) is 0 Å². The van der Waals surface area contributed by atoms with E-state index in [1.54, 1.807) is 7.11 Å². The number of hydrogen-bond donors (Lipinski definition) is 1. The lowest BCUT2D eigenvalue weighted by atomic mass is 9.94. The summed E-state index contributed by atoms with van der Waals surface area (Å²) in [7, 11) is 3.64. The molecule has 2 aromatic carbocycles. The van der Waals surface area contributed by atoms with E-state index in [1.807, 2.05) is 37.4 Å². The SMILES string of the molecule is CNC(c1ccc(Cl)cc1C)c1ccccc1OC. The first-order chi connectivity index (χ1) is 9.17. The highest BCUT2D eigenvalue weighted by Crippen LogP contribution is 2.32. The molecule has 3 heteroatoms. The minimum atomic E-state index is 0.0911. The second-order valence-electron chi connectivity index (χ2n) is 4.46. The molecule has 100 valence electrons. The number of methoxy groups -OCH3 is 1. The molecule has 0 aliphatic rings. The molecule has 0 fully saturated rings. The molecular weight excluding hydrogens is 258 g/mol. The molecular formula is C16H18ClNO. The Balaban J connectivity index is 2.50. The topological polar surface area (TPSA) is 21.3 Å². The zero-order chi connectivity index (χ0) is 13.8. The predicted molar refractivity (Wildman–Crippen MR) is 80.1 cm³/mol. The van der Waals surface area contributed by atoms with Gasteiger partial charge in [-0.1, -0.05) is 35.9 Å². The van der Waals surface area contributed by atoms with Gasteiger partial charge in [-0.25, -0.2) is 0 Å². The van der Waals surface area contributed by atoms with Crippen molar-refractivity contribution in [3.05, 3.63) is 64.2 Å². The summed E-state index contributed by atoms with van der Waals surface area (Å²) in [5.41, 5.74) is 3.49. The molecule has 0 saturated heterocycles. The molecule has 1 unspecified atom stereocenters. The lowest BCUT2D eigenvalue weighted by Gasteiger charge is -2.21. The fraction of sp³-hybridized carbons (Fsp3) is 0.250. The molecule has 1 atom stereocenters. The van der Waals surface area contributed by atoms with Gasteiger partial charge in [0, 0.05) is 10.6 Å². The molecule has 19 heavy (non-hydrogen) atoms. The number of rotatable bonds is 4. The number of benzene rings is 2. The second-order valence-corrected chi connectivity index (χ2v) is 4.90. The summed E-state index contributed by atoms with van der Waals surface area (Å²) in [5, 5.41) is 4.11. The summed E-state index contributed by atoms with van der Waals surface area (Å²) in [6.45, 7) is 2.07. The smallest absolute Gasteiger partial charge is 0.123 e. The number of nitrogens with one attached hydrogen (secondary N) is 1. The fourth-order valence-electron chi connectivity index (χ4n) is 2.35. The highest BCUT2D eigenvalue weighted by molar-refractivity contribution is 6.30. The van der Waals surface area contributed by atoms with Crippen molar-refractivity contribution in [1.29, 1.82) is 0 Å². The number of hydrogen-bond acceptors (Lipinski definition) is 2. The molecule has 2 rings (SSSR count). The summed E-state index contributed by atoms with van der Waals surface area (Å²) in [6, 6.07) is 14.1. The molecule has 2 nitrogen and oxygen atoms in total. The maximum atomic E-state index is 6.02. The van der Waals surface area contributed by atoms with Crippen LogP contribution in [0.1, 0.15) is 22.7 Å². The summed E-state index contributed by atoms with van der Waals surface area (Å²) < 4.78 is 5.45. The van der Waals surface area contributed by atoms with Crippen LogP contribution in [-0.2, 0) is 0 Å². The summed E-state index contributed by atoms with van der Waals surface area (Å²) in [4.78, 5) is 0.